The Hall–Kier alpha value is -2.26. The SMILES string of the molecule is CCCCc1nc(SCC(=O)Nc2ccccc2C#N)[nH]c1C. The van der Waals surface area contributed by atoms with E-state index < -0.39 is 0 Å². The number of nitriles is 1. The molecule has 1 aromatic carbocycles. The van der Waals surface area contributed by atoms with Crippen molar-refractivity contribution in [3.8, 4) is 6.07 Å². The third-order valence-electron chi connectivity index (χ3n) is 3.39. The second-order valence-electron chi connectivity index (χ2n) is 5.21. The van der Waals surface area contributed by atoms with Gasteiger partial charge in [-0.15, -0.1) is 0 Å². The van der Waals surface area contributed by atoms with Crippen LogP contribution in [-0.4, -0.2) is 21.6 Å². The molecule has 0 unspecified atom stereocenters. The van der Waals surface area contributed by atoms with Crippen molar-refractivity contribution in [1.82, 2.24) is 9.97 Å². The molecule has 1 aromatic heterocycles. The zero-order valence-corrected chi connectivity index (χ0v) is 14.2. The molecular formula is C17H20N4OS. The van der Waals surface area contributed by atoms with Crippen molar-refractivity contribution in [2.45, 2.75) is 38.3 Å². The predicted octanol–water partition coefficient (Wildman–Crippen LogP) is 3.66. The summed E-state index contributed by atoms with van der Waals surface area (Å²) in [6.45, 7) is 4.16. The molecule has 0 saturated carbocycles. The molecule has 6 heteroatoms. The number of carbonyl (C=O) groups is 1. The molecule has 5 nitrogen and oxygen atoms in total. The number of aromatic amines is 1. The van der Waals surface area contributed by atoms with Crippen LogP contribution in [0.3, 0.4) is 0 Å². The summed E-state index contributed by atoms with van der Waals surface area (Å²) in [6, 6.07) is 9.03. The van der Waals surface area contributed by atoms with Gasteiger partial charge in [0.2, 0.25) is 5.91 Å². The number of nitrogens with one attached hydrogen (secondary N) is 2. The van der Waals surface area contributed by atoms with E-state index in [1.807, 2.05) is 6.92 Å². The van der Waals surface area contributed by atoms with Crippen molar-refractivity contribution in [3.05, 3.63) is 41.2 Å². The van der Waals surface area contributed by atoms with Gasteiger partial charge in [-0.1, -0.05) is 37.2 Å². The van der Waals surface area contributed by atoms with Gasteiger partial charge in [-0.25, -0.2) is 4.98 Å². The van der Waals surface area contributed by atoms with Crippen molar-refractivity contribution in [2.75, 3.05) is 11.1 Å². The maximum absolute atomic E-state index is 12.0. The van der Waals surface area contributed by atoms with Crippen molar-refractivity contribution >= 4 is 23.4 Å². The number of imidazole rings is 1. The first-order chi connectivity index (χ1) is 11.1. The summed E-state index contributed by atoms with van der Waals surface area (Å²) >= 11 is 1.37. The quantitative estimate of drug-likeness (QED) is 0.760. The van der Waals surface area contributed by atoms with E-state index in [0.29, 0.717) is 11.3 Å². The van der Waals surface area contributed by atoms with Gasteiger partial charge in [0.25, 0.3) is 0 Å². The van der Waals surface area contributed by atoms with Gasteiger partial charge < -0.3 is 10.3 Å². The molecule has 0 atom stereocenters. The van der Waals surface area contributed by atoms with Gasteiger partial charge in [0.05, 0.1) is 22.7 Å². The van der Waals surface area contributed by atoms with E-state index in [2.05, 4.69) is 28.3 Å². The van der Waals surface area contributed by atoms with Crippen LogP contribution in [-0.2, 0) is 11.2 Å². The number of rotatable bonds is 7. The van der Waals surface area contributed by atoms with Crippen LogP contribution in [0.25, 0.3) is 0 Å². The third-order valence-corrected chi connectivity index (χ3v) is 4.27. The molecule has 2 aromatic rings. The Balaban J connectivity index is 1.91. The number of hydrogen-bond donors (Lipinski definition) is 2. The Labute approximate surface area is 140 Å². The lowest BCUT2D eigenvalue weighted by Gasteiger charge is -2.05. The molecule has 120 valence electrons. The summed E-state index contributed by atoms with van der Waals surface area (Å²) in [6.07, 6.45) is 3.21. The Bertz CT molecular complexity index is 718. The minimum atomic E-state index is -0.151. The van der Waals surface area contributed by atoms with Crippen molar-refractivity contribution in [2.24, 2.45) is 0 Å². The van der Waals surface area contributed by atoms with E-state index in [1.165, 1.54) is 11.8 Å². The second kappa shape index (κ2) is 8.39. The van der Waals surface area contributed by atoms with Crippen LogP contribution in [0.5, 0.6) is 0 Å². The van der Waals surface area contributed by atoms with Crippen molar-refractivity contribution in [3.63, 3.8) is 0 Å². The molecule has 1 amide bonds. The highest BCUT2D eigenvalue weighted by Gasteiger charge is 2.10. The predicted molar refractivity (Wildman–Crippen MR) is 92.4 cm³/mol. The molecule has 0 aliphatic heterocycles. The Kier molecular flexibility index (Phi) is 6.24. The van der Waals surface area contributed by atoms with Crippen LogP contribution < -0.4 is 5.32 Å². The fraction of sp³-hybridized carbons (Fsp3) is 0.353. The van der Waals surface area contributed by atoms with E-state index in [0.717, 1.165) is 35.8 Å². The van der Waals surface area contributed by atoms with Gasteiger partial charge in [-0.2, -0.15) is 5.26 Å². The average molecular weight is 328 g/mol. The first-order valence-corrected chi connectivity index (χ1v) is 8.59. The van der Waals surface area contributed by atoms with Gasteiger partial charge in [0.1, 0.15) is 6.07 Å². The van der Waals surface area contributed by atoms with Gasteiger partial charge in [0.15, 0.2) is 5.16 Å². The topological polar surface area (TPSA) is 81.6 Å². The number of amides is 1. The lowest BCUT2D eigenvalue weighted by molar-refractivity contribution is -0.113. The highest BCUT2D eigenvalue weighted by Crippen LogP contribution is 2.19. The molecule has 2 N–H and O–H groups in total. The molecule has 1 heterocycles. The fourth-order valence-corrected chi connectivity index (χ4v) is 2.87. The summed E-state index contributed by atoms with van der Waals surface area (Å²) in [5.41, 5.74) is 3.14. The Morgan fingerprint density at radius 2 is 2.22 bits per heavy atom. The standard InChI is InChI=1S/C17H20N4OS/c1-3-4-8-14-12(2)19-17(21-14)23-11-16(22)20-15-9-6-5-7-13(15)10-18/h5-7,9H,3-4,8,11H2,1-2H3,(H,19,21)(H,20,22). The monoisotopic (exact) mass is 328 g/mol. The number of aryl methyl sites for hydroxylation is 2. The lowest BCUT2D eigenvalue weighted by atomic mass is 10.2. The number of thioether (sulfide) groups is 1. The zero-order valence-electron chi connectivity index (χ0n) is 13.3. The molecule has 0 radical (unpaired) electrons. The van der Waals surface area contributed by atoms with Crippen LogP contribution in [0.2, 0.25) is 0 Å². The third kappa shape index (κ3) is 4.86. The number of H-pyrrole nitrogens is 1. The number of benzene rings is 1. The molecule has 0 fully saturated rings. The molecule has 2 rings (SSSR count). The fourth-order valence-electron chi connectivity index (χ4n) is 2.13. The molecule has 0 spiro atoms. The highest BCUT2D eigenvalue weighted by atomic mass is 32.2. The van der Waals surface area contributed by atoms with E-state index >= 15 is 0 Å². The molecular weight excluding hydrogens is 308 g/mol. The molecule has 23 heavy (non-hydrogen) atoms. The summed E-state index contributed by atoms with van der Waals surface area (Å²) in [7, 11) is 0. The number of aromatic nitrogens is 2. The smallest absolute Gasteiger partial charge is 0.234 e. The summed E-state index contributed by atoms with van der Waals surface area (Å²) in [4.78, 5) is 19.8. The molecule has 0 bridgehead atoms. The van der Waals surface area contributed by atoms with E-state index in [1.54, 1.807) is 24.3 Å². The lowest BCUT2D eigenvalue weighted by Crippen LogP contribution is -2.15. The van der Waals surface area contributed by atoms with Crippen LogP contribution in [0.15, 0.2) is 29.4 Å². The summed E-state index contributed by atoms with van der Waals surface area (Å²) in [5.74, 6) is 0.0989. The highest BCUT2D eigenvalue weighted by molar-refractivity contribution is 7.99. The van der Waals surface area contributed by atoms with Crippen LogP contribution >= 0.6 is 11.8 Å². The molecule has 0 aliphatic carbocycles. The molecule has 0 aliphatic rings. The zero-order chi connectivity index (χ0) is 16.7. The first kappa shape index (κ1) is 17.1. The van der Waals surface area contributed by atoms with Crippen LogP contribution in [0, 0.1) is 18.3 Å². The summed E-state index contributed by atoms with van der Waals surface area (Å²) in [5, 5.41) is 12.5. The first-order valence-electron chi connectivity index (χ1n) is 7.61. The normalized spacial score (nSPS) is 10.3. The van der Waals surface area contributed by atoms with Gasteiger partial charge in [0, 0.05) is 5.69 Å². The van der Waals surface area contributed by atoms with E-state index in [9.17, 15) is 4.79 Å². The second-order valence-corrected chi connectivity index (χ2v) is 6.18. The number of carbonyl (C=O) groups excluding carboxylic acids is 1. The number of para-hydroxylation sites is 1. The van der Waals surface area contributed by atoms with Gasteiger partial charge in [-0.05, 0) is 31.9 Å². The van der Waals surface area contributed by atoms with Gasteiger partial charge in [-0.3, -0.25) is 4.79 Å². The van der Waals surface area contributed by atoms with Crippen molar-refractivity contribution in [1.29, 1.82) is 5.26 Å². The maximum atomic E-state index is 12.0. The number of unbranched alkanes of at least 4 members (excludes halogenated alkanes) is 1. The number of hydrogen-bond acceptors (Lipinski definition) is 4. The van der Waals surface area contributed by atoms with Gasteiger partial charge >= 0.3 is 0 Å². The minimum Gasteiger partial charge on any atom is -0.337 e. The Morgan fingerprint density at radius 3 is 2.96 bits per heavy atom. The average Bonchev–Trinajstić information content (AvgIpc) is 2.91. The van der Waals surface area contributed by atoms with E-state index in [4.69, 9.17) is 5.26 Å². The number of anilines is 1. The largest absolute Gasteiger partial charge is 0.337 e. The molecule has 0 saturated heterocycles. The maximum Gasteiger partial charge on any atom is 0.234 e. The van der Waals surface area contributed by atoms with Crippen LogP contribution in [0.4, 0.5) is 5.69 Å². The van der Waals surface area contributed by atoms with Crippen molar-refractivity contribution < 1.29 is 4.79 Å². The Morgan fingerprint density at radius 1 is 1.43 bits per heavy atom. The summed E-state index contributed by atoms with van der Waals surface area (Å²) < 4.78 is 0. The number of nitrogens with zero attached hydrogens (tertiary/aromatic N) is 2. The van der Waals surface area contributed by atoms with E-state index in [-0.39, 0.29) is 11.7 Å². The minimum absolute atomic E-state index is 0.151. The van der Waals surface area contributed by atoms with Crippen LogP contribution in [0.1, 0.15) is 36.7 Å².